The summed E-state index contributed by atoms with van der Waals surface area (Å²) in [6, 6.07) is 6.88. The molecule has 1 aliphatic heterocycles. The van der Waals surface area contributed by atoms with Gasteiger partial charge in [0.25, 0.3) is 5.91 Å². The largest absolute Gasteiger partial charge is 0.491 e. The normalized spacial score (nSPS) is 16.9. The van der Waals surface area contributed by atoms with Gasteiger partial charge in [0.2, 0.25) is 0 Å². The summed E-state index contributed by atoms with van der Waals surface area (Å²) in [5.74, 6) is 0.0497. The molecule has 0 spiro atoms. The zero-order chi connectivity index (χ0) is 16.7. The van der Waals surface area contributed by atoms with Gasteiger partial charge in [-0.25, -0.2) is 0 Å². The van der Waals surface area contributed by atoms with Gasteiger partial charge in [0.1, 0.15) is 18.9 Å². The standard InChI is InChI=1S/C17H23NO5/c1-3-21-16(19)11-18(2)17(20)13-6-8-14(9-7-13)23-12-15-5-4-10-22-15/h6-9,15H,3-5,10-12H2,1-2H3. The molecule has 0 bridgehead atoms. The van der Waals surface area contributed by atoms with E-state index in [0.29, 0.717) is 24.5 Å². The Balaban J connectivity index is 1.85. The van der Waals surface area contributed by atoms with Gasteiger partial charge < -0.3 is 19.1 Å². The van der Waals surface area contributed by atoms with Crippen LogP contribution in [-0.4, -0.2) is 56.3 Å². The Labute approximate surface area is 136 Å². The molecule has 0 N–H and O–H groups in total. The van der Waals surface area contributed by atoms with Crippen LogP contribution in [0.15, 0.2) is 24.3 Å². The average molecular weight is 321 g/mol. The summed E-state index contributed by atoms with van der Waals surface area (Å²) in [4.78, 5) is 25.0. The lowest BCUT2D eigenvalue weighted by molar-refractivity contribution is -0.143. The Hall–Kier alpha value is -2.08. The van der Waals surface area contributed by atoms with Crippen molar-refractivity contribution in [2.75, 3.05) is 33.4 Å². The second kappa shape index (κ2) is 8.53. The second-order valence-electron chi connectivity index (χ2n) is 5.44. The highest BCUT2D eigenvalue weighted by atomic mass is 16.5. The van der Waals surface area contributed by atoms with Crippen LogP contribution >= 0.6 is 0 Å². The molecule has 1 heterocycles. The van der Waals surface area contributed by atoms with Gasteiger partial charge in [-0.3, -0.25) is 9.59 Å². The number of carbonyl (C=O) groups excluding carboxylic acids is 2. The summed E-state index contributed by atoms with van der Waals surface area (Å²) in [6.07, 6.45) is 2.26. The van der Waals surface area contributed by atoms with Gasteiger partial charge in [0.15, 0.2) is 0 Å². The van der Waals surface area contributed by atoms with E-state index in [1.807, 2.05) is 0 Å². The molecule has 1 amide bonds. The number of hydrogen-bond acceptors (Lipinski definition) is 5. The molecule has 2 rings (SSSR count). The van der Waals surface area contributed by atoms with Crippen LogP contribution in [0.2, 0.25) is 0 Å². The molecule has 1 aliphatic rings. The molecule has 1 aromatic carbocycles. The van der Waals surface area contributed by atoms with Crippen LogP contribution in [0, 0.1) is 0 Å². The topological polar surface area (TPSA) is 65.1 Å². The van der Waals surface area contributed by atoms with E-state index in [9.17, 15) is 9.59 Å². The Morgan fingerprint density at radius 1 is 1.30 bits per heavy atom. The molecule has 0 saturated carbocycles. The summed E-state index contributed by atoms with van der Waals surface area (Å²) in [6.45, 7) is 3.29. The molecule has 1 atom stereocenters. The highest BCUT2D eigenvalue weighted by Crippen LogP contribution is 2.17. The molecular weight excluding hydrogens is 298 g/mol. The predicted molar refractivity (Wildman–Crippen MR) is 84.5 cm³/mol. The molecular formula is C17H23NO5. The lowest BCUT2D eigenvalue weighted by Crippen LogP contribution is -2.33. The number of carbonyl (C=O) groups is 2. The van der Waals surface area contributed by atoms with Gasteiger partial charge in [0.05, 0.1) is 12.7 Å². The van der Waals surface area contributed by atoms with Crippen molar-refractivity contribution in [3.63, 3.8) is 0 Å². The first-order valence-corrected chi connectivity index (χ1v) is 7.85. The van der Waals surface area contributed by atoms with E-state index in [4.69, 9.17) is 14.2 Å². The fourth-order valence-corrected chi connectivity index (χ4v) is 2.35. The minimum atomic E-state index is -0.417. The van der Waals surface area contributed by atoms with Crippen LogP contribution in [0.5, 0.6) is 5.75 Å². The average Bonchev–Trinajstić information content (AvgIpc) is 3.06. The number of hydrogen-bond donors (Lipinski definition) is 0. The molecule has 1 unspecified atom stereocenters. The molecule has 1 saturated heterocycles. The molecule has 0 aliphatic carbocycles. The molecule has 23 heavy (non-hydrogen) atoms. The third kappa shape index (κ3) is 5.25. The maximum absolute atomic E-state index is 12.2. The smallest absolute Gasteiger partial charge is 0.325 e. The monoisotopic (exact) mass is 321 g/mol. The third-order valence-electron chi connectivity index (χ3n) is 3.58. The highest BCUT2D eigenvalue weighted by molar-refractivity contribution is 5.95. The molecule has 126 valence electrons. The van der Waals surface area contributed by atoms with E-state index < -0.39 is 5.97 Å². The molecule has 1 fully saturated rings. The minimum Gasteiger partial charge on any atom is -0.491 e. The Bertz CT molecular complexity index is 522. The van der Waals surface area contributed by atoms with Crippen molar-refractivity contribution in [3.05, 3.63) is 29.8 Å². The lowest BCUT2D eigenvalue weighted by atomic mass is 10.2. The van der Waals surface area contributed by atoms with Crippen LogP contribution in [0.3, 0.4) is 0 Å². The fraction of sp³-hybridized carbons (Fsp3) is 0.529. The van der Waals surface area contributed by atoms with E-state index in [1.54, 1.807) is 38.2 Å². The summed E-state index contributed by atoms with van der Waals surface area (Å²) in [5, 5.41) is 0. The minimum absolute atomic E-state index is 0.0655. The number of nitrogens with zero attached hydrogens (tertiary/aromatic N) is 1. The number of ether oxygens (including phenoxy) is 3. The van der Waals surface area contributed by atoms with E-state index in [0.717, 1.165) is 19.4 Å². The zero-order valence-corrected chi connectivity index (χ0v) is 13.6. The SMILES string of the molecule is CCOC(=O)CN(C)C(=O)c1ccc(OCC2CCCO2)cc1. The van der Waals surface area contributed by atoms with Crippen molar-refractivity contribution < 1.29 is 23.8 Å². The molecule has 0 radical (unpaired) electrons. The van der Waals surface area contributed by atoms with Crippen LogP contribution in [0.1, 0.15) is 30.1 Å². The summed E-state index contributed by atoms with van der Waals surface area (Å²) >= 11 is 0. The van der Waals surface area contributed by atoms with Gasteiger partial charge >= 0.3 is 5.97 Å². The van der Waals surface area contributed by atoms with Crippen LogP contribution in [0.4, 0.5) is 0 Å². The van der Waals surface area contributed by atoms with Gasteiger partial charge in [-0.15, -0.1) is 0 Å². The maximum atomic E-state index is 12.2. The van der Waals surface area contributed by atoms with E-state index >= 15 is 0 Å². The fourth-order valence-electron chi connectivity index (χ4n) is 2.35. The second-order valence-corrected chi connectivity index (χ2v) is 5.44. The van der Waals surface area contributed by atoms with Gasteiger partial charge in [-0.1, -0.05) is 0 Å². The lowest BCUT2D eigenvalue weighted by Gasteiger charge is -2.16. The van der Waals surface area contributed by atoms with Crippen LogP contribution < -0.4 is 4.74 Å². The van der Waals surface area contributed by atoms with Crippen molar-refractivity contribution in [3.8, 4) is 5.75 Å². The molecule has 1 aromatic rings. The first-order valence-electron chi connectivity index (χ1n) is 7.85. The summed E-state index contributed by atoms with van der Waals surface area (Å²) < 4.78 is 16.0. The molecule has 0 aromatic heterocycles. The number of amides is 1. The third-order valence-corrected chi connectivity index (χ3v) is 3.58. The number of likely N-dealkylation sites (N-methyl/N-ethyl adjacent to an activating group) is 1. The van der Waals surface area contributed by atoms with Gasteiger partial charge in [-0.05, 0) is 44.0 Å². The van der Waals surface area contributed by atoms with E-state index in [2.05, 4.69) is 0 Å². The Kier molecular flexibility index (Phi) is 6.40. The van der Waals surface area contributed by atoms with Crippen molar-refractivity contribution >= 4 is 11.9 Å². The van der Waals surface area contributed by atoms with Crippen molar-refractivity contribution in [1.82, 2.24) is 4.90 Å². The summed E-state index contributed by atoms with van der Waals surface area (Å²) in [5.41, 5.74) is 0.501. The zero-order valence-electron chi connectivity index (χ0n) is 13.6. The number of benzene rings is 1. The van der Waals surface area contributed by atoms with E-state index in [1.165, 1.54) is 4.90 Å². The Morgan fingerprint density at radius 3 is 2.65 bits per heavy atom. The predicted octanol–water partition coefficient (Wildman–Crippen LogP) is 1.88. The Morgan fingerprint density at radius 2 is 2.04 bits per heavy atom. The van der Waals surface area contributed by atoms with Gasteiger partial charge in [-0.2, -0.15) is 0 Å². The van der Waals surface area contributed by atoms with Crippen molar-refractivity contribution in [2.45, 2.75) is 25.9 Å². The maximum Gasteiger partial charge on any atom is 0.325 e. The quantitative estimate of drug-likeness (QED) is 0.718. The van der Waals surface area contributed by atoms with Crippen LogP contribution in [-0.2, 0) is 14.3 Å². The highest BCUT2D eigenvalue weighted by Gasteiger charge is 2.17. The molecule has 6 heteroatoms. The number of esters is 1. The first kappa shape index (κ1) is 17.3. The van der Waals surface area contributed by atoms with Crippen LogP contribution in [0.25, 0.3) is 0 Å². The first-order chi connectivity index (χ1) is 11.1. The van der Waals surface area contributed by atoms with Crippen molar-refractivity contribution in [1.29, 1.82) is 0 Å². The summed E-state index contributed by atoms with van der Waals surface area (Å²) in [7, 11) is 1.57. The molecule has 6 nitrogen and oxygen atoms in total. The van der Waals surface area contributed by atoms with Crippen molar-refractivity contribution in [2.24, 2.45) is 0 Å². The number of rotatable bonds is 7. The van der Waals surface area contributed by atoms with E-state index in [-0.39, 0.29) is 18.6 Å². The van der Waals surface area contributed by atoms with Gasteiger partial charge in [0, 0.05) is 19.2 Å².